The number of benzene rings is 1. The molecule has 3 nitrogen and oxygen atoms in total. The highest BCUT2D eigenvalue weighted by Crippen LogP contribution is 2.28. The Hall–Kier alpha value is -1.56. The smallest absolute Gasteiger partial charge is 0.312 e. The van der Waals surface area contributed by atoms with Gasteiger partial charge in [0, 0.05) is 11.6 Å². The van der Waals surface area contributed by atoms with E-state index < -0.39 is 46.6 Å². The molecule has 1 aromatic rings. The lowest BCUT2D eigenvalue weighted by molar-refractivity contribution is -0.163. The average Bonchev–Trinajstić information content (AvgIpc) is 2.29. The van der Waals surface area contributed by atoms with Gasteiger partial charge in [-0.05, 0) is 33.8 Å². The van der Waals surface area contributed by atoms with Crippen molar-refractivity contribution in [1.82, 2.24) is 0 Å². The van der Waals surface area contributed by atoms with Gasteiger partial charge in [0.25, 0.3) is 0 Å². The summed E-state index contributed by atoms with van der Waals surface area (Å²) >= 11 is 0. The van der Waals surface area contributed by atoms with Crippen molar-refractivity contribution in [2.45, 2.75) is 39.4 Å². The molecule has 0 aliphatic carbocycles. The Bertz CT molecular complexity index is 509. The van der Waals surface area contributed by atoms with Gasteiger partial charge in [-0.15, -0.1) is 0 Å². The molecule has 0 heterocycles. The monoisotopic (exact) mass is 290 g/mol. The molecule has 20 heavy (non-hydrogen) atoms. The number of carbonyl (C=O) groups excluding carboxylic acids is 1. The number of aliphatic hydroxyl groups is 1. The zero-order chi connectivity index (χ0) is 15.7. The molecule has 1 aromatic carbocycles. The van der Waals surface area contributed by atoms with Crippen molar-refractivity contribution in [2.24, 2.45) is 5.92 Å². The molecule has 0 fully saturated rings. The van der Waals surface area contributed by atoms with Gasteiger partial charge in [-0.1, -0.05) is 0 Å². The number of hydrogen-bond donors (Lipinski definition) is 1. The first-order valence-corrected chi connectivity index (χ1v) is 6.08. The van der Waals surface area contributed by atoms with Crippen molar-refractivity contribution in [3.05, 3.63) is 35.1 Å². The summed E-state index contributed by atoms with van der Waals surface area (Å²) in [5.41, 5.74) is -1.25. The predicted molar refractivity (Wildman–Crippen MR) is 66.3 cm³/mol. The second-order valence-corrected chi connectivity index (χ2v) is 5.55. The van der Waals surface area contributed by atoms with Gasteiger partial charge in [-0.3, -0.25) is 4.79 Å². The van der Waals surface area contributed by atoms with Crippen LogP contribution < -0.4 is 0 Å². The first-order chi connectivity index (χ1) is 9.03. The van der Waals surface area contributed by atoms with Gasteiger partial charge in [0.05, 0.1) is 12.0 Å². The highest BCUT2D eigenvalue weighted by molar-refractivity contribution is 5.73. The molecule has 0 radical (unpaired) electrons. The fourth-order valence-corrected chi connectivity index (χ4v) is 1.56. The van der Waals surface area contributed by atoms with Gasteiger partial charge >= 0.3 is 5.97 Å². The molecular weight excluding hydrogens is 273 g/mol. The minimum Gasteiger partial charge on any atom is -0.460 e. The standard InChI is InChI=1S/C14H17F3O3/c1-7(13(19)20-14(2,3)4)12(18)8-5-10(16)11(17)6-9(8)15/h5-7,12,18H,1-4H3. The van der Waals surface area contributed by atoms with Crippen molar-refractivity contribution in [3.8, 4) is 0 Å². The van der Waals surface area contributed by atoms with Gasteiger partial charge in [0.1, 0.15) is 11.4 Å². The molecule has 1 rings (SSSR count). The quantitative estimate of drug-likeness (QED) is 0.687. The lowest BCUT2D eigenvalue weighted by Crippen LogP contribution is -2.30. The average molecular weight is 290 g/mol. The van der Waals surface area contributed by atoms with Crippen LogP contribution in [0.15, 0.2) is 12.1 Å². The molecule has 0 saturated carbocycles. The number of esters is 1. The van der Waals surface area contributed by atoms with E-state index in [1.165, 1.54) is 6.92 Å². The predicted octanol–water partition coefficient (Wildman–Crippen LogP) is 3.12. The van der Waals surface area contributed by atoms with E-state index in [1.54, 1.807) is 20.8 Å². The Labute approximate surface area is 115 Å². The third kappa shape index (κ3) is 3.96. The zero-order valence-corrected chi connectivity index (χ0v) is 11.7. The summed E-state index contributed by atoms with van der Waals surface area (Å²) in [6, 6.07) is 0.867. The molecule has 0 aromatic heterocycles. The molecule has 2 atom stereocenters. The van der Waals surface area contributed by atoms with E-state index >= 15 is 0 Å². The van der Waals surface area contributed by atoms with Crippen LogP contribution in [0.1, 0.15) is 39.4 Å². The lowest BCUT2D eigenvalue weighted by Gasteiger charge is -2.25. The number of hydrogen-bond acceptors (Lipinski definition) is 3. The third-order valence-corrected chi connectivity index (χ3v) is 2.61. The summed E-state index contributed by atoms with van der Waals surface area (Å²) in [5.74, 6) is -5.64. The number of ether oxygens (including phenoxy) is 1. The van der Waals surface area contributed by atoms with Gasteiger partial charge < -0.3 is 9.84 Å². The van der Waals surface area contributed by atoms with E-state index in [4.69, 9.17) is 4.74 Å². The highest BCUT2D eigenvalue weighted by Gasteiger charge is 2.30. The summed E-state index contributed by atoms with van der Waals surface area (Å²) in [7, 11) is 0. The maximum absolute atomic E-state index is 13.5. The molecule has 0 aliphatic rings. The molecule has 0 bridgehead atoms. The molecule has 0 amide bonds. The fourth-order valence-electron chi connectivity index (χ4n) is 1.56. The van der Waals surface area contributed by atoms with E-state index in [0.29, 0.717) is 12.1 Å². The van der Waals surface area contributed by atoms with Crippen molar-refractivity contribution in [3.63, 3.8) is 0 Å². The summed E-state index contributed by atoms with van der Waals surface area (Å²) in [5, 5.41) is 9.92. The molecule has 0 saturated heterocycles. The maximum atomic E-state index is 13.5. The molecule has 0 aliphatic heterocycles. The van der Waals surface area contributed by atoms with E-state index in [-0.39, 0.29) is 0 Å². The van der Waals surface area contributed by atoms with Crippen LogP contribution in [0.5, 0.6) is 0 Å². The largest absolute Gasteiger partial charge is 0.460 e. The summed E-state index contributed by atoms with van der Waals surface area (Å²) < 4.78 is 44.5. The zero-order valence-electron chi connectivity index (χ0n) is 11.7. The lowest BCUT2D eigenvalue weighted by atomic mass is 9.96. The van der Waals surface area contributed by atoms with Crippen LogP contribution in [-0.4, -0.2) is 16.7 Å². The fraction of sp³-hybridized carbons (Fsp3) is 0.500. The molecule has 112 valence electrons. The van der Waals surface area contributed by atoms with Crippen LogP contribution in [0.4, 0.5) is 13.2 Å². The van der Waals surface area contributed by atoms with Crippen molar-refractivity contribution < 1.29 is 27.8 Å². The van der Waals surface area contributed by atoms with E-state index in [9.17, 15) is 23.1 Å². The van der Waals surface area contributed by atoms with Crippen LogP contribution in [0.25, 0.3) is 0 Å². The topological polar surface area (TPSA) is 46.5 Å². The Kier molecular flexibility index (Phi) is 4.81. The minimum atomic E-state index is -1.63. The van der Waals surface area contributed by atoms with Crippen molar-refractivity contribution >= 4 is 5.97 Å². The molecule has 0 spiro atoms. The van der Waals surface area contributed by atoms with Crippen molar-refractivity contribution in [1.29, 1.82) is 0 Å². The number of aliphatic hydroxyl groups excluding tert-OH is 1. The van der Waals surface area contributed by atoms with Crippen molar-refractivity contribution in [2.75, 3.05) is 0 Å². The normalized spacial score (nSPS) is 14.8. The Balaban J connectivity index is 2.97. The van der Waals surface area contributed by atoms with Gasteiger partial charge in [-0.2, -0.15) is 0 Å². The molecule has 2 unspecified atom stereocenters. The summed E-state index contributed by atoms with van der Waals surface area (Å²) in [6.45, 7) is 6.24. The Morgan fingerprint density at radius 3 is 2.15 bits per heavy atom. The number of rotatable bonds is 3. The summed E-state index contributed by atoms with van der Waals surface area (Å²) in [6.07, 6.45) is -1.63. The first-order valence-electron chi connectivity index (χ1n) is 6.08. The van der Waals surface area contributed by atoms with Crippen LogP contribution in [0, 0.1) is 23.4 Å². The highest BCUT2D eigenvalue weighted by atomic mass is 19.2. The molecule has 1 N–H and O–H groups in total. The third-order valence-electron chi connectivity index (χ3n) is 2.61. The SMILES string of the molecule is CC(C(=O)OC(C)(C)C)C(O)c1cc(F)c(F)cc1F. The van der Waals surface area contributed by atoms with Crippen LogP contribution >= 0.6 is 0 Å². The van der Waals surface area contributed by atoms with Gasteiger partial charge in [0.15, 0.2) is 11.6 Å². The molecular formula is C14H17F3O3. The Morgan fingerprint density at radius 1 is 1.15 bits per heavy atom. The maximum Gasteiger partial charge on any atom is 0.312 e. The van der Waals surface area contributed by atoms with E-state index in [2.05, 4.69) is 0 Å². The summed E-state index contributed by atoms with van der Waals surface area (Å²) in [4.78, 5) is 11.8. The second kappa shape index (κ2) is 5.83. The van der Waals surface area contributed by atoms with Crippen LogP contribution in [0.3, 0.4) is 0 Å². The molecule has 6 heteroatoms. The number of halogens is 3. The van der Waals surface area contributed by atoms with E-state index in [0.717, 1.165) is 0 Å². The first kappa shape index (κ1) is 16.5. The number of carbonyl (C=O) groups is 1. The minimum absolute atomic E-state index is 0.329. The Morgan fingerprint density at radius 2 is 1.65 bits per heavy atom. The van der Waals surface area contributed by atoms with Crippen LogP contribution in [0.2, 0.25) is 0 Å². The van der Waals surface area contributed by atoms with Gasteiger partial charge in [0.2, 0.25) is 0 Å². The van der Waals surface area contributed by atoms with E-state index in [1.807, 2.05) is 0 Å². The van der Waals surface area contributed by atoms with Gasteiger partial charge in [-0.25, -0.2) is 13.2 Å². The second-order valence-electron chi connectivity index (χ2n) is 5.55. The van der Waals surface area contributed by atoms with Crippen LogP contribution in [-0.2, 0) is 9.53 Å².